The average Bonchev–Trinajstić information content (AvgIpc) is 2.07. The second-order valence-electron chi connectivity index (χ2n) is 2.70. The fourth-order valence-electron chi connectivity index (χ4n) is 1.11. The van der Waals surface area contributed by atoms with E-state index < -0.39 is 0 Å². The van der Waals surface area contributed by atoms with Crippen molar-refractivity contribution in [3.8, 4) is 0 Å². The Hall–Kier alpha value is -0.417. The number of rotatable bonds is 3. The third-order valence-electron chi connectivity index (χ3n) is 1.75. The molecule has 0 atom stereocenters. The number of hydrogen-bond donors (Lipinski definition) is 0. The monoisotopic (exact) mass is 196 g/mol. The van der Waals surface area contributed by atoms with Crippen molar-refractivity contribution in [2.75, 3.05) is 0 Å². The van der Waals surface area contributed by atoms with Crippen molar-refractivity contribution < 1.29 is 17.1 Å². The molecular formula is C10H12Zn. The van der Waals surface area contributed by atoms with Crippen molar-refractivity contribution in [1.82, 2.24) is 0 Å². The van der Waals surface area contributed by atoms with E-state index in [9.17, 15) is 0 Å². The van der Waals surface area contributed by atoms with Gasteiger partial charge in [-0.05, 0) is 0 Å². The fourth-order valence-corrected chi connectivity index (χ4v) is 3.02. The van der Waals surface area contributed by atoms with Gasteiger partial charge in [0, 0.05) is 0 Å². The molecule has 0 bridgehead atoms. The van der Waals surface area contributed by atoms with Crippen LogP contribution in [0.15, 0.2) is 30.8 Å². The standard InChI is InChI=1S/C9H9.CH3.Zn/c1-3-9-6-4-8(2)5-7-9;;/h3-7H,1-2H2;1H3;. The molecule has 0 radical (unpaired) electrons. The quantitative estimate of drug-likeness (QED) is 0.654. The summed E-state index contributed by atoms with van der Waals surface area (Å²) in [6.45, 7) is 3.72. The Balaban J connectivity index is 2.74. The molecule has 0 heterocycles. The van der Waals surface area contributed by atoms with Gasteiger partial charge >= 0.3 is 75.7 Å². The van der Waals surface area contributed by atoms with Gasteiger partial charge in [0.2, 0.25) is 0 Å². The van der Waals surface area contributed by atoms with E-state index >= 15 is 0 Å². The van der Waals surface area contributed by atoms with Gasteiger partial charge in [0.05, 0.1) is 0 Å². The van der Waals surface area contributed by atoms with Crippen LogP contribution >= 0.6 is 0 Å². The molecule has 1 aromatic carbocycles. The van der Waals surface area contributed by atoms with Crippen molar-refractivity contribution in [3.63, 3.8) is 0 Å². The van der Waals surface area contributed by atoms with Crippen LogP contribution in [-0.2, 0) is 22.1 Å². The first-order valence-corrected chi connectivity index (χ1v) is 9.14. The Bertz CT molecular complexity index is 223. The molecular weight excluding hydrogens is 185 g/mol. The van der Waals surface area contributed by atoms with Crippen LogP contribution in [0.25, 0.3) is 6.08 Å². The third-order valence-corrected chi connectivity index (χ3v) is 4.01. The maximum atomic E-state index is 3.72. The molecule has 0 fully saturated rings. The topological polar surface area (TPSA) is 0 Å². The van der Waals surface area contributed by atoms with Crippen LogP contribution in [-0.4, -0.2) is 0 Å². The van der Waals surface area contributed by atoms with Gasteiger partial charge in [-0.3, -0.25) is 0 Å². The van der Waals surface area contributed by atoms with Crippen LogP contribution in [0, 0.1) is 0 Å². The molecule has 0 saturated carbocycles. The van der Waals surface area contributed by atoms with Crippen molar-refractivity contribution in [3.05, 3.63) is 42.0 Å². The van der Waals surface area contributed by atoms with E-state index in [1.165, 1.54) is 16.1 Å². The summed E-state index contributed by atoms with van der Waals surface area (Å²) in [7, 11) is 0. The molecule has 1 aromatic rings. The van der Waals surface area contributed by atoms with E-state index in [-0.39, 0.29) is 17.1 Å². The zero-order valence-corrected chi connectivity index (χ0v) is 9.98. The zero-order chi connectivity index (χ0) is 8.10. The van der Waals surface area contributed by atoms with Crippen LogP contribution < -0.4 is 0 Å². The van der Waals surface area contributed by atoms with Crippen molar-refractivity contribution in [2.45, 2.75) is 10.5 Å². The SMILES string of the molecule is C=Cc1ccc([CH2][Zn][CH3])cc1. The predicted molar refractivity (Wildman–Crippen MR) is 46.1 cm³/mol. The summed E-state index contributed by atoms with van der Waals surface area (Å²) in [4.78, 5) is 0. The van der Waals surface area contributed by atoms with E-state index in [4.69, 9.17) is 0 Å². The molecule has 0 aliphatic carbocycles. The fraction of sp³-hybridized carbons (Fsp3) is 0.200. The van der Waals surface area contributed by atoms with Crippen molar-refractivity contribution in [2.24, 2.45) is 0 Å². The van der Waals surface area contributed by atoms with Crippen molar-refractivity contribution >= 4 is 6.08 Å². The predicted octanol–water partition coefficient (Wildman–Crippen LogP) is 2.96. The molecule has 0 aliphatic rings. The third kappa shape index (κ3) is 2.59. The van der Waals surface area contributed by atoms with Gasteiger partial charge in [0.15, 0.2) is 0 Å². The Labute approximate surface area is 75.9 Å². The first-order valence-electron chi connectivity index (χ1n) is 4.08. The summed E-state index contributed by atoms with van der Waals surface area (Å²) in [6.07, 6.45) is 1.89. The van der Waals surface area contributed by atoms with E-state index in [2.05, 4.69) is 36.4 Å². The summed E-state index contributed by atoms with van der Waals surface area (Å²) in [6, 6.07) is 8.71. The Morgan fingerprint density at radius 2 is 2.00 bits per heavy atom. The molecule has 0 unspecified atom stereocenters. The van der Waals surface area contributed by atoms with Crippen LogP contribution in [0.3, 0.4) is 0 Å². The minimum atomic E-state index is -0.194. The molecule has 1 rings (SSSR count). The maximum absolute atomic E-state index is 3.72. The Kier molecular flexibility index (Phi) is 3.52. The van der Waals surface area contributed by atoms with E-state index in [1.54, 1.807) is 0 Å². The second kappa shape index (κ2) is 4.46. The molecule has 0 saturated heterocycles. The van der Waals surface area contributed by atoms with E-state index in [0.29, 0.717) is 0 Å². The van der Waals surface area contributed by atoms with Gasteiger partial charge in [-0.15, -0.1) is 0 Å². The molecule has 0 spiro atoms. The number of hydrogen-bond acceptors (Lipinski definition) is 0. The van der Waals surface area contributed by atoms with E-state index in [1.807, 2.05) is 6.08 Å². The van der Waals surface area contributed by atoms with Gasteiger partial charge in [-0.25, -0.2) is 0 Å². The van der Waals surface area contributed by atoms with Crippen LogP contribution in [0.2, 0.25) is 5.52 Å². The Morgan fingerprint density at radius 3 is 2.45 bits per heavy atom. The summed E-state index contributed by atoms with van der Waals surface area (Å²) in [5.41, 5.74) is 5.10. The van der Waals surface area contributed by atoms with Crippen LogP contribution in [0.1, 0.15) is 11.1 Å². The van der Waals surface area contributed by atoms with Gasteiger partial charge in [0.25, 0.3) is 0 Å². The number of benzene rings is 1. The second-order valence-corrected chi connectivity index (χ2v) is 5.84. The molecule has 1 heteroatoms. The minimum absolute atomic E-state index is 0.194. The normalized spacial score (nSPS) is 8.82. The molecule has 11 heavy (non-hydrogen) atoms. The molecule has 54 valence electrons. The molecule has 0 aromatic heterocycles. The summed E-state index contributed by atoms with van der Waals surface area (Å²) >= 11 is -0.194. The summed E-state index contributed by atoms with van der Waals surface area (Å²) in [5.74, 6) is 0. The zero-order valence-electron chi connectivity index (χ0n) is 7.01. The first-order chi connectivity index (χ1) is 5.36. The van der Waals surface area contributed by atoms with Crippen LogP contribution in [0.5, 0.6) is 0 Å². The first kappa shape index (κ1) is 8.68. The Morgan fingerprint density at radius 1 is 1.36 bits per heavy atom. The van der Waals surface area contributed by atoms with E-state index in [0.717, 1.165) is 0 Å². The molecule has 0 amide bonds. The van der Waals surface area contributed by atoms with Gasteiger partial charge < -0.3 is 0 Å². The van der Waals surface area contributed by atoms with Gasteiger partial charge in [-0.1, -0.05) is 0 Å². The molecule has 0 nitrogen and oxygen atoms in total. The summed E-state index contributed by atoms with van der Waals surface area (Å²) < 4.78 is 0. The van der Waals surface area contributed by atoms with Gasteiger partial charge in [0.1, 0.15) is 0 Å². The average molecular weight is 198 g/mol. The van der Waals surface area contributed by atoms with Gasteiger partial charge in [-0.2, -0.15) is 0 Å². The molecule has 0 N–H and O–H groups in total. The van der Waals surface area contributed by atoms with Crippen LogP contribution in [0.4, 0.5) is 0 Å². The summed E-state index contributed by atoms with van der Waals surface area (Å²) in [5, 5.41) is 1.37. The van der Waals surface area contributed by atoms with Crippen molar-refractivity contribution in [1.29, 1.82) is 0 Å². The molecule has 0 aliphatic heterocycles.